The van der Waals surface area contributed by atoms with E-state index >= 15 is 0 Å². The number of hydrogen-bond donors (Lipinski definition) is 7. The summed E-state index contributed by atoms with van der Waals surface area (Å²) in [5.74, 6) is 0. The molecule has 0 saturated carbocycles. The van der Waals surface area contributed by atoms with Gasteiger partial charge >= 0.3 is 0 Å². The van der Waals surface area contributed by atoms with Gasteiger partial charge in [-0.25, -0.2) is 0 Å². The van der Waals surface area contributed by atoms with Crippen molar-refractivity contribution < 1.29 is 39.7 Å². The molecule has 2 rings (SSSR count). The highest BCUT2D eigenvalue weighted by molar-refractivity contribution is 4.99. The maximum atomic E-state index is 10.8. The zero-order valence-electron chi connectivity index (χ0n) is 21.8. The highest BCUT2D eigenvalue weighted by atomic mass is 16.7. The molecule has 35 heavy (non-hydrogen) atoms. The van der Waals surface area contributed by atoms with E-state index in [4.69, 9.17) is 14.2 Å². The van der Waals surface area contributed by atoms with Crippen LogP contribution in [0.3, 0.4) is 0 Å². The summed E-state index contributed by atoms with van der Waals surface area (Å²) in [6, 6.07) is 0. The van der Waals surface area contributed by atoms with Crippen LogP contribution >= 0.6 is 0 Å². The van der Waals surface area contributed by atoms with Crippen LogP contribution in [-0.4, -0.2) is 107 Å². The van der Waals surface area contributed by atoms with Gasteiger partial charge in [0.25, 0.3) is 0 Å². The Morgan fingerprint density at radius 3 is 2.20 bits per heavy atom. The highest BCUT2D eigenvalue weighted by Gasteiger charge is 2.49. The summed E-state index contributed by atoms with van der Waals surface area (Å²) in [6.45, 7) is 7.71. The van der Waals surface area contributed by atoms with Crippen LogP contribution in [0.2, 0.25) is 0 Å². The van der Waals surface area contributed by atoms with E-state index in [1.165, 1.54) is 44.9 Å². The molecule has 0 unspecified atom stereocenters. The van der Waals surface area contributed by atoms with E-state index in [2.05, 4.69) is 17.6 Å². The lowest BCUT2D eigenvalue weighted by atomic mass is 9.85. The first-order valence-corrected chi connectivity index (χ1v) is 13.5. The van der Waals surface area contributed by atoms with Crippen LogP contribution in [0.1, 0.15) is 78.6 Å². The van der Waals surface area contributed by atoms with E-state index in [1.807, 2.05) is 6.92 Å². The van der Waals surface area contributed by atoms with Gasteiger partial charge in [0.2, 0.25) is 0 Å². The Labute approximate surface area is 210 Å². The normalized spacial score (nSPS) is 38.1. The molecule has 0 amide bonds. The first-order valence-electron chi connectivity index (χ1n) is 13.5. The molecule has 2 fully saturated rings. The lowest BCUT2D eigenvalue weighted by Crippen LogP contribution is -2.65. The molecule has 208 valence electrons. The number of rotatable bonds is 16. The second kappa shape index (κ2) is 15.8. The Bertz CT molecular complexity index is 574. The number of nitrogens with one attached hydrogen (secondary N) is 2. The molecule has 2 aliphatic rings. The molecule has 0 aliphatic carbocycles. The zero-order valence-corrected chi connectivity index (χ0v) is 21.8. The number of aliphatic hydroxyl groups excluding tert-OH is 5. The highest BCUT2D eigenvalue weighted by Crippen LogP contribution is 2.32. The SMILES string of the molecule is CCCCCCCCCCNCCN[C@@]1(C)C[C@H](O[C@@H]2[C@@H](O)[C@H](O)[C@@H](CO)O[C@H]2O)O[C@@H](C)[C@H]1O. The average Bonchev–Trinajstić information content (AvgIpc) is 2.83. The van der Waals surface area contributed by atoms with Crippen molar-refractivity contribution in [3.8, 4) is 0 Å². The quantitative estimate of drug-likeness (QED) is 0.146. The largest absolute Gasteiger partial charge is 0.394 e. The van der Waals surface area contributed by atoms with Gasteiger partial charge in [-0.15, -0.1) is 0 Å². The molecule has 0 aromatic rings. The van der Waals surface area contributed by atoms with Crippen molar-refractivity contribution in [1.29, 1.82) is 0 Å². The maximum Gasteiger partial charge on any atom is 0.184 e. The second-order valence-corrected chi connectivity index (χ2v) is 10.3. The Morgan fingerprint density at radius 1 is 0.886 bits per heavy atom. The van der Waals surface area contributed by atoms with Crippen molar-refractivity contribution >= 4 is 0 Å². The van der Waals surface area contributed by atoms with Crippen LogP contribution in [0.5, 0.6) is 0 Å². The molecule has 2 heterocycles. The van der Waals surface area contributed by atoms with Crippen LogP contribution in [0.25, 0.3) is 0 Å². The molecule has 10 heteroatoms. The molecule has 0 aromatic carbocycles. The number of aliphatic hydroxyl groups is 5. The molecule has 10 nitrogen and oxygen atoms in total. The van der Waals surface area contributed by atoms with E-state index in [0.717, 1.165) is 19.5 Å². The third kappa shape index (κ3) is 9.45. The van der Waals surface area contributed by atoms with Gasteiger partial charge < -0.3 is 50.4 Å². The summed E-state index contributed by atoms with van der Waals surface area (Å²) in [6.07, 6.45) is 1.68. The third-order valence-corrected chi connectivity index (χ3v) is 7.24. The van der Waals surface area contributed by atoms with Crippen LogP contribution < -0.4 is 10.6 Å². The van der Waals surface area contributed by atoms with Gasteiger partial charge in [0.15, 0.2) is 12.6 Å². The minimum atomic E-state index is -1.53. The molecular weight excluding hydrogens is 456 g/mol. The molecule has 7 N–H and O–H groups in total. The molecule has 0 spiro atoms. The molecule has 0 bridgehead atoms. The monoisotopic (exact) mass is 506 g/mol. The molecule has 2 saturated heterocycles. The Balaban J connectivity index is 1.71. The smallest absolute Gasteiger partial charge is 0.184 e. The van der Waals surface area contributed by atoms with Crippen LogP contribution in [-0.2, 0) is 14.2 Å². The van der Waals surface area contributed by atoms with E-state index in [9.17, 15) is 25.5 Å². The summed E-state index contributed by atoms with van der Waals surface area (Å²) in [7, 11) is 0. The lowest BCUT2D eigenvalue weighted by Gasteiger charge is -2.48. The third-order valence-electron chi connectivity index (χ3n) is 7.24. The number of hydrogen-bond acceptors (Lipinski definition) is 10. The van der Waals surface area contributed by atoms with E-state index in [-0.39, 0.29) is 6.42 Å². The standard InChI is InChI=1S/C25H50N2O8/c1-4-5-6-7-8-9-10-11-12-26-13-14-27-25(3)15-19(33-17(2)23(25)31)35-22-21(30)20(29)18(16-28)34-24(22)32/h17-24,26-32H,4-16H2,1-3H3/t17-,18+,19-,20+,21-,22+,23+,24+,25-/m0/s1. The fraction of sp³-hybridized carbons (Fsp3) is 1.00. The zero-order chi connectivity index (χ0) is 25.8. The van der Waals surface area contributed by atoms with Crippen LogP contribution in [0, 0.1) is 0 Å². The first-order chi connectivity index (χ1) is 16.7. The van der Waals surface area contributed by atoms with Crippen molar-refractivity contribution in [3.05, 3.63) is 0 Å². The molecule has 0 aromatic heterocycles. The first kappa shape index (κ1) is 30.8. The molecular formula is C25H50N2O8. The van der Waals surface area contributed by atoms with Crippen molar-refractivity contribution in [1.82, 2.24) is 10.6 Å². The fourth-order valence-corrected chi connectivity index (χ4v) is 4.94. The van der Waals surface area contributed by atoms with Gasteiger partial charge in [0.1, 0.15) is 24.4 Å². The van der Waals surface area contributed by atoms with Crippen molar-refractivity contribution in [2.24, 2.45) is 0 Å². The maximum absolute atomic E-state index is 10.8. The topological polar surface area (TPSA) is 153 Å². The summed E-state index contributed by atoms with van der Waals surface area (Å²) < 4.78 is 16.7. The van der Waals surface area contributed by atoms with E-state index in [1.54, 1.807) is 6.92 Å². The van der Waals surface area contributed by atoms with Crippen molar-refractivity contribution in [2.75, 3.05) is 26.2 Å². The Hall–Kier alpha value is -0.400. The van der Waals surface area contributed by atoms with Gasteiger partial charge in [0, 0.05) is 25.0 Å². The Kier molecular flexibility index (Phi) is 13.9. The minimum absolute atomic E-state index is 0.270. The number of unbranched alkanes of at least 4 members (excludes halogenated alkanes) is 7. The lowest BCUT2D eigenvalue weighted by molar-refractivity contribution is -0.340. The average molecular weight is 507 g/mol. The summed E-state index contributed by atoms with van der Waals surface area (Å²) in [5.41, 5.74) is -0.708. The molecule has 0 radical (unpaired) electrons. The predicted octanol–water partition coefficient (Wildman–Crippen LogP) is 0.377. The Morgan fingerprint density at radius 2 is 1.54 bits per heavy atom. The van der Waals surface area contributed by atoms with Crippen LogP contribution in [0.15, 0.2) is 0 Å². The van der Waals surface area contributed by atoms with Gasteiger partial charge in [-0.05, 0) is 26.8 Å². The van der Waals surface area contributed by atoms with Gasteiger partial charge in [0.05, 0.1) is 18.8 Å². The van der Waals surface area contributed by atoms with E-state index in [0.29, 0.717) is 6.54 Å². The number of ether oxygens (including phenoxy) is 3. The van der Waals surface area contributed by atoms with Crippen molar-refractivity contribution in [2.45, 2.75) is 133 Å². The molecule has 2 aliphatic heterocycles. The predicted molar refractivity (Wildman–Crippen MR) is 132 cm³/mol. The van der Waals surface area contributed by atoms with Gasteiger partial charge in [-0.3, -0.25) is 0 Å². The fourth-order valence-electron chi connectivity index (χ4n) is 4.94. The van der Waals surface area contributed by atoms with Gasteiger partial charge in [-0.1, -0.05) is 51.9 Å². The summed E-state index contributed by atoms with van der Waals surface area (Å²) in [5, 5.41) is 57.5. The van der Waals surface area contributed by atoms with E-state index < -0.39 is 61.3 Å². The molecule has 9 atom stereocenters. The van der Waals surface area contributed by atoms with Crippen molar-refractivity contribution in [3.63, 3.8) is 0 Å². The summed E-state index contributed by atoms with van der Waals surface area (Å²) >= 11 is 0. The van der Waals surface area contributed by atoms with Crippen LogP contribution in [0.4, 0.5) is 0 Å². The van der Waals surface area contributed by atoms with Gasteiger partial charge in [-0.2, -0.15) is 0 Å². The second-order valence-electron chi connectivity index (χ2n) is 10.3. The minimum Gasteiger partial charge on any atom is -0.394 e. The summed E-state index contributed by atoms with van der Waals surface area (Å²) in [4.78, 5) is 0.